The SMILES string of the molecule is Cc1ccc(C(=O)N2CCN(C)CC2)c(C)c1. The first-order valence-corrected chi connectivity index (χ1v) is 6.13. The summed E-state index contributed by atoms with van der Waals surface area (Å²) in [7, 11) is 2.10. The molecule has 0 aliphatic carbocycles. The Morgan fingerprint density at radius 3 is 2.35 bits per heavy atom. The van der Waals surface area contributed by atoms with Crippen LogP contribution in [0.25, 0.3) is 0 Å². The molecule has 0 aromatic heterocycles. The number of benzene rings is 1. The molecular formula is C14H20N2O. The number of amides is 1. The molecule has 92 valence electrons. The largest absolute Gasteiger partial charge is 0.336 e. The molecule has 0 bridgehead atoms. The van der Waals surface area contributed by atoms with Gasteiger partial charge in [0.2, 0.25) is 0 Å². The van der Waals surface area contributed by atoms with Crippen molar-refractivity contribution in [3.8, 4) is 0 Å². The van der Waals surface area contributed by atoms with Crippen LogP contribution in [0.1, 0.15) is 21.5 Å². The molecule has 1 amide bonds. The highest BCUT2D eigenvalue weighted by atomic mass is 16.2. The normalized spacial score (nSPS) is 17.2. The monoisotopic (exact) mass is 232 g/mol. The molecule has 1 aliphatic heterocycles. The topological polar surface area (TPSA) is 23.6 Å². The van der Waals surface area contributed by atoms with Crippen LogP contribution in [0.3, 0.4) is 0 Å². The molecule has 0 atom stereocenters. The van der Waals surface area contributed by atoms with E-state index >= 15 is 0 Å². The number of carbonyl (C=O) groups is 1. The van der Waals surface area contributed by atoms with Crippen molar-refractivity contribution in [3.63, 3.8) is 0 Å². The van der Waals surface area contributed by atoms with Gasteiger partial charge in [0.1, 0.15) is 0 Å². The average molecular weight is 232 g/mol. The van der Waals surface area contributed by atoms with Gasteiger partial charge in [0.15, 0.2) is 0 Å². The summed E-state index contributed by atoms with van der Waals surface area (Å²) in [6, 6.07) is 6.03. The number of piperazine rings is 1. The molecule has 1 aliphatic rings. The van der Waals surface area contributed by atoms with E-state index < -0.39 is 0 Å². The summed E-state index contributed by atoms with van der Waals surface area (Å²) < 4.78 is 0. The second kappa shape index (κ2) is 4.88. The van der Waals surface area contributed by atoms with Crippen molar-refractivity contribution >= 4 is 5.91 Å². The zero-order chi connectivity index (χ0) is 12.4. The van der Waals surface area contributed by atoms with Crippen LogP contribution in [0.15, 0.2) is 18.2 Å². The van der Waals surface area contributed by atoms with Gasteiger partial charge < -0.3 is 9.80 Å². The van der Waals surface area contributed by atoms with Gasteiger partial charge in [-0.05, 0) is 32.5 Å². The second-order valence-corrected chi connectivity index (χ2v) is 4.91. The van der Waals surface area contributed by atoms with Crippen molar-refractivity contribution in [2.75, 3.05) is 33.2 Å². The highest BCUT2D eigenvalue weighted by Crippen LogP contribution is 2.14. The molecule has 1 aromatic rings. The van der Waals surface area contributed by atoms with Crippen molar-refractivity contribution in [2.24, 2.45) is 0 Å². The van der Waals surface area contributed by atoms with Crippen LogP contribution in [0.4, 0.5) is 0 Å². The second-order valence-electron chi connectivity index (χ2n) is 4.91. The van der Waals surface area contributed by atoms with Gasteiger partial charge in [-0.3, -0.25) is 4.79 Å². The van der Waals surface area contributed by atoms with E-state index in [-0.39, 0.29) is 5.91 Å². The van der Waals surface area contributed by atoms with E-state index in [4.69, 9.17) is 0 Å². The Bertz CT molecular complexity index is 420. The molecule has 17 heavy (non-hydrogen) atoms. The third-order valence-electron chi connectivity index (χ3n) is 3.40. The lowest BCUT2D eigenvalue weighted by Crippen LogP contribution is -2.47. The van der Waals surface area contributed by atoms with Crippen LogP contribution in [-0.2, 0) is 0 Å². The number of nitrogens with zero attached hydrogens (tertiary/aromatic N) is 2. The van der Waals surface area contributed by atoms with E-state index in [1.165, 1.54) is 5.56 Å². The molecule has 3 nitrogen and oxygen atoms in total. The van der Waals surface area contributed by atoms with Crippen LogP contribution in [0.5, 0.6) is 0 Å². The fraction of sp³-hybridized carbons (Fsp3) is 0.500. The van der Waals surface area contributed by atoms with Crippen LogP contribution in [0.2, 0.25) is 0 Å². The summed E-state index contributed by atoms with van der Waals surface area (Å²) in [4.78, 5) is 16.6. The van der Waals surface area contributed by atoms with Gasteiger partial charge >= 0.3 is 0 Å². The molecule has 3 heteroatoms. The van der Waals surface area contributed by atoms with Crippen LogP contribution in [-0.4, -0.2) is 48.9 Å². The van der Waals surface area contributed by atoms with E-state index in [1.807, 2.05) is 24.0 Å². The third-order valence-corrected chi connectivity index (χ3v) is 3.40. The summed E-state index contributed by atoms with van der Waals surface area (Å²) >= 11 is 0. The van der Waals surface area contributed by atoms with Gasteiger partial charge in [0, 0.05) is 31.7 Å². The van der Waals surface area contributed by atoms with Crippen molar-refractivity contribution in [1.29, 1.82) is 0 Å². The van der Waals surface area contributed by atoms with E-state index in [9.17, 15) is 4.79 Å². The maximum absolute atomic E-state index is 12.3. The van der Waals surface area contributed by atoms with Gasteiger partial charge in [-0.1, -0.05) is 17.7 Å². The molecule has 0 unspecified atom stereocenters. The van der Waals surface area contributed by atoms with Crippen LogP contribution >= 0.6 is 0 Å². The number of carbonyl (C=O) groups excluding carboxylic acids is 1. The Balaban J connectivity index is 2.14. The smallest absolute Gasteiger partial charge is 0.254 e. The molecule has 1 aromatic carbocycles. The maximum Gasteiger partial charge on any atom is 0.254 e. The first-order valence-electron chi connectivity index (χ1n) is 6.13. The fourth-order valence-electron chi connectivity index (χ4n) is 2.23. The zero-order valence-electron chi connectivity index (χ0n) is 10.9. The van der Waals surface area contributed by atoms with E-state index in [0.29, 0.717) is 0 Å². The van der Waals surface area contributed by atoms with E-state index in [1.54, 1.807) is 0 Å². The number of aryl methyl sites for hydroxylation is 2. The minimum atomic E-state index is 0.176. The van der Waals surface area contributed by atoms with Crippen molar-refractivity contribution in [1.82, 2.24) is 9.80 Å². The summed E-state index contributed by atoms with van der Waals surface area (Å²) in [5, 5.41) is 0. The van der Waals surface area contributed by atoms with Gasteiger partial charge in [-0.25, -0.2) is 0 Å². The predicted molar refractivity (Wildman–Crippen MR) is 69.3 cm³/mol. The lowest BCUT2D eigenvalue weighted by molar-refractivity contribution is 0.0663. The molecule has 0 radical (unpaired) electrons. The lowest BCUT2D eigenvalue weighted by Gasteiger charge is -2.32. The van der Waals surface area contributed by atoms with Crippen molar-refractivity contribution in [2.45, 2.75) is 13.8 Å². The highest BCUT2D eigenvalue weighted by molar-refractivity contribution is 5.95. The fourth-order valence-corrected chi connectivity index (χ4v) is 2.23. The average Bonchev–Trinajstić information content (AvgIpc) is 2.29. The lowest BCUT2D eigenvalue weighted by atomic mass is 10.0. The molecule has 1 heterocycles. The van der Waals surface area contributed by atoms with Gasteiger partial charge in [0.25, 0.3) is 5.91 Å². The van der Waals surface area contributed by atoms with Crippen LogP contribution in [0, 0.1) is 13.8 Å². The van der Waals surface area contributed by atoms with Crippen molar-refractivity contribution < 1.29 is 4.79 Å². The standard InChI is InChI=1S/C14H20N2O/c1-11-4-5-13(12(2)10-11)14(17)16-8-6-15(3)7-9-16/h4-5,10H,6-9H2,1-3H3. The third kappa shape index (κ3) is 2.67. The molecule has 1 fully saturated rings. The Morgan fingerprint density at radius 1 is 1.12 bits per heavy atom. The summed E-state index contributed by atoms with van der Waals surface area (Å²) in [5.74, 6) is 0.176. The molecule has 2 rings (SSSR count). The Kier molecular flexibility index (Phi) is 3.48. The minimum Gasteiger partial charge on any atom is -0.336 e. The summed E-state index contributed by atoms with van der Waals surface area (Å²) in [6.07, 6.45) is 0. The number of rotatable bonds is 1. The zero-order valence-corrected chi connectivity index (χ0v) is 10.9. The first kappa shape index (κ1) is 12.1. The Hall–Kier alpha value is -1.35. The summed E-state index contributed by atoms with van der Waals surface area (Å²) in [6.45, 7) is 7.67. The molecule has 0 saturated carbocycles. The molecule has 0 N–H and O–H groups in total. The summed E-state index contributed by atoms with van der Waals surface area (Å²) in [5.41, 5.74) is 3.13. The minimum absolute atomic E-state index is 0.176. The molecule has 1 saturated heterocycles. The Labute approximate surface area is 103 Å². The van der Waals surface area contributed by atoms with E-state index in [0.717, 1.165) is 37.3 Å². The first-order chi connectivity index (χ1) is 8.08. The molecular weight excluding hydrogens is 212 g/mol. The quantitative estimate of drug-likeness (QED) is 0.735. The van der Waals surface area contributed by atoms with Crippen molar-refractivity contribution in [3.05, 3.63) is 34.9 Å². The maximum atomic E-state index is 12.3. The van der Waals surface area contributed by atoms with Gasteiger partial charge in [-0.15, -0.1) is 0 Å². The van der Waals surface area contributed by atoms with Gasteiger partial charge in [0.05, 0.1) is 0 Å². The van der Waals surface area contributed by atoms with Gasteiger partial charge in [-0.2, -0.15) is 0 Å². The van der Waals surface area contributed by atoms with E-state index in [2.05, 4.69) is 24.9 Å². The highest BCUT2D eigenvalue weighted by Gasteiger charge is 2.21. The number of hydrogen-bond acceptors (Lipinski definition) is 2. The van der Waals surface area contributed by atoms with Crippen LogP contribution < -0.4 is 0 Å². The molecule has 0 spiro atoms. The predicted octanol–water partition coefficient (Wildman–Crippen LogP) is 1.69. The number of likely N-dealkylation sites (N-methyl/N-ethyl adjacent to an activating group) is 1. The Morgan fingerprint density at radius 2 is 1.76 bits per heavy atom. The number of hydrogen-bond donors (Lipinski definition) is 0.